The van der Waals surface area contributed by atoms with Gasteiger partial charge in [0.2, 0.25) is 0 Å². The van der Waals surface area contributed by atoms with Crippen LogP contribution in [0.1, 0.15) is 28.9 Å². The van der Waals surface area contributed by atoms with Gasteiger partial charge in [0, 0.05) is 34.1 Å². The molecule has 1 aromatic carbocycles. The zero-order valence-corrected chi connectivity index (χ0v) is 17.0. The first-order valence-corrected chi connectivity index (χ1v) is 10.7. The highest BCUT2D eigenvalue weighted by Gasteiger charge is 2.27. The number of carbonyl (C=O) groups is 2. The second-order valence-corrected chi connectivity index (χ2v) is 9.21. The minimum Gasteiger partial charge on any atom is -0.481 e. The van der Waals surface area contributed by atoms with Gasteiger partial charge in [0.25, 0.3) is 5.91 Å². The van der Waals surface area contributed by atoms with E-state index in [2.05, 4.69) is 26.2 Å². The highest BCUT2D eigenvalue weighted by molar-refractivity contribution is 9.10. The molecule has 142 valence electrons. The molecular weight excluding hydrogens is 436 g/mol. The molecule has 2 heterocycles. The largest absolute Gasteiger partial charge is 0.481 e. The van der Waals surface area contributed by atoms with E-state index in [9.17, 15) is 18.0 Å². The van der Waals surface area contributed by atoms with Crippen LogP contribution in [0.4, 0.5) is 5.69 Å². The quantitative estimate of drug-likeness (QED) is 0.602. The Bertz CT molecular complexity index is 1100. The minimum atomic E-state index is -3.56. The number of benzene rings is 1. The summed E-state index contributed by atoms with van der Waals surface area (Å²) in [6, 6.07) is 5.37. The van der Waals surface area contributed by atoms with Crippen LogP contribution < -0.4 is 5.32 Å². The number of fused-ring (bicyclic) bond motifs is 1. The molecule has 0 fully saturated rings. The monoisotopic (exact) mass is 452 g/mol. The second kappa shape index (κ2) is 6.97. The van der Waals surface area contributed by atoms with E-state index >= 15 is 0 Å². The van der Waals surface area contributed by atoms with Crippen LogP contribution in [0.5, 0.6) is 0 Å². The minimum absolute atomic E-state index is 0.0377. The third-order valence-corrected chi connectivity index (χ3v) is 6.06. The van der Waals surface area contributed by atoms with Crippen LogP contribution in [0, 0.1) is 6.92 Å². The molecule has 7 nitrogen and oxygen atoms in total. The van der Waals surface area contributed by atoms with Crippen LogP contribution >= 0.6 is 15.9 Å². The van der Waals surface area contributed by atoms with Crippen LogP contribution in [0.2, 0.25) is 0 Å². The van der Waals surface area contributed by atoms with Crippen molar-refractivity contribution in [2.24, 2.45) is 0 Å². The Labute approximate surface area is 164 Å². The van der Waals surface area contributed by atoms with E-state index in [0.717, 1.165) is 10.7 Å². The number of carboxylic acid groups (broad SMARTS) is 1. The number of H-pyrrole nitrogens is 1. The van der Waals surface area contributed by atoms with Gasteiger partial charge in [0.05, 0.1) is 16.2 Å². The molecule has 3 rings (SSSR count). The number of sulfone groups is 1. The fourth-order valence-electron chi connectivity index (χ4n) is 3.24. The summed E-state index contributed by atoms with van der Waals surface area (Å²) in [7, 11) is -3.56. The topological polar surface area (TPSA) is 116 Å². The molecule has 0 saturated heterocycles. The molecule has 0 aliphatic carbocycles. The van der Waals surface area contributed by atoms with Crippen LogP contribution in [0.3, 0.4) is 0 Å². The number of halogens is 1. The van der Waals surface area contributed by atoms with Crippen molar-refractivity contribution in [1.82, 2.24) is 4.98 Å². The lowest BCUT2D eigenvalue weighted by Gasteiger charge is -2.04. The molecule has 0 saturated carbocycles. The Morgan fingerprint density at radius 1 is 1.33 bits per heavy atom. The van der Waals surface area contributed by atoms with Gasteiger partial charge in [-0.3, -0.25) is 9.59 Å². The molecule has 1 amide bonds. The first kappa shape index (κ1) is 19.4. The number of rotatable bonds is 5. The van der Waals surface area contributed by atoms with E-state index in [1.165, 1.54) is 0 Å². The standard InChI is InChI=1S/C18H17BrN2O5S/c1-9-17(27(2,25)26)12(5-6-16(22)23)15(20-9)8-13-11-4-3-10(19)7-14(11)21-18(13)24/h3-4,7-8,20H,5-6H2,1-2H3,(H,21,24)(H,22,23). The highest BCUT2D eigenvalue weighted by atomic mass is 79.9. The molecule has 27 heavy (non-hydrogen) atoms. The summed E-state index contributed by atoms with van der Waals surface area (Å²) >= 11 is 3.35. The van der Waals surface area contributed by atoms with Gasteiger partial charge in [-0.25, -0.2) is 8.42 Å². The number of aliphatic carboxylic acids is 1. The van der Waals surface area contributed by atoms with Gasteiger partial charge in [0.1, 0.15) is 0 Å². The number of aromatic nitrogens is 1. The van der Waals surface area contributed by atoms with Crippen LogP contribution in [0.15, 0.2) is 27.6 Å². The first-order chi connectivity index (χ1) is 12.6. The van der Waals surface area contributed by atoms with Crippen LogP contribution in [-0.4, -0.2) is 36.6 Å². The molecule has 0 atom stereocenters. The number of nitrogens with one attached hydrogen (secondary N) is 2. The van der Waals surface area contributed by atoms with Crippen molar-refractivity contribution < 1.29 is 23.1 Å². The van der Waals surface area contributed by atoms with Gasteiger partial charge in [-0.15, -0.1) is 0 Å². The third-order valence-electron chi connectivity index (χ3n) is 4.27. The number of carboxylic acids is 1. The average Bonchev–Trinajstić information content (AvgIpc) is 3.01. The van der Waals surface area contributed by atoms with Gasteiger partial charge in [-0.05, 0) is 37.1 Å². The number of amides is 1. The van der Waals surface area contributed by atoms with E-state index in [0.29, 0.717) is 33.8 Å². The molecule has 1 aromatic heterocycles. The van der Waals surface area contributed by atoms with E-state index in [1.54, 1.807) is 31.2 Å². The molecule has 0 radical (unpaired) electrons. The molecule has 0 unspecified atom stereocenters. The van der Waals surface area contributed by atoms with Crippen LogP contribution in [-0.2, 0) is 25.8 Å². The maximum atomic E-state index is 12.4. The zero-order valence-electron chi connectivity index (χ0n) is 14.6. The number of aromatic amines is 1. The van der Waals surface area contributed by atoms with Crippen molar-refractivity contribution in [1.29, 1.82) is 0 Å². The summed E-state index contributed by atoms with van der Waals surface area (Å²) < 4.78 is 25.2. The molecule has 1 aliphatic heterocycles. The maximum absolute atomic E-state index is 12.4. The molecule has 1 aliphatic rings. The van der Waals surface area contributed by atoms with Crippen molar-refractivity contribution in [3.63, 3.8) is 0 Å². The Morgan fingerprint density at radius 2 is 2.04 bits per heavy atom. The van der Waals surface area contributed by atoms with Crippen molar-refractivity contribution in [2.75, 3.05) is 11.6 Å². The number of anilines is 1. The number of hydrogen-bond donors (Lipinski definition) is 3. The average molecular weight is 453 g/mol. The molecule has 3 N–H and O–H groups in total. The van der Waals surface area contributed by atoms with Crippen molar-refractivity contribution in [3.05, 3.63) is 45.2 Å². The van der Waals surface area contributed by atoms with E-state index < -0.39 is 15.8 Å². The second-order valence-electron chi connectivity index (χ2n) is 6.34. The fourth-order valence-corrected chi connectivity index (χ4v) is 4.87. The van der Waals surface area contributed by atoms with Gasteiger partial charge in [0.15, 0.2) is 9.84 Å². The van der Waals surface area contributed by atoms with Crippen molar-refractivity contribution in [2.45, 2.75) is 24.7 Å². The Kier molecular flexibility index (Phi) is 5.00. The lowest BCUT2D eigenvalue weighted by molar-refractivity contribution is -0.137. The molecule has 2 aromatic rings. The predicted molar refractivity (Wildman–Crippen MR) is 105 cm³/mol. The highest BCUT2D eigenvalue weighted by Crippen LogP contribution is 2.36. The molecule has 0 bridgehead atoms. The van der Waals surface area contributed by atoms with E-state index in [1.807, 2.05) is 0 Å². The van der Waals surface area contributed by atoms with Crippen LogP contribution in [0.25, 0.3) is 11.6 Å². The number of hydrogen-bond acceptors (Lipinski definition) is 4. The van der Waals surface area contributed by atoms with E-state index in [-0.39, 0.29) is 23.6 Å². The lowest BCUT2D eigenvalue weighted by Crippen LogP contribution is -2.06. The number of aryl methyl sites for hydroxylation is 1. The zero-order chi connectivity index (χ0) is 19.9. The Morgan fingerprint density at radius 3 is 2.67 bits per heavy atom. The van der Waals surface area contributed by atoms with Gasteiger partial charge >= 0.3 is 5.97 Å². The van der Waals surface area contributed by atoms with Crippen molar-refractivity contribution >= 4 is 55.0 Å². The fraction of sp³-hybridized carbons (Fsp3) is 0.222. The summed E-state index contributed by atoms with van der Waals surface area (Å²) in [5.41, 5.74) is 2.95. The predicted octanol–water partition coefficient (Wildman–Crippen LogP) is 3.00. The summed E-state index contributed by atoms with van der Waals surface area (Å²) in [5.74, 6) is -1.33. The molecule has 9 heteroatoms. The normalized spacial score (nSPS) is 15.1. The van der Waals surface area contributed by atoms with Gasteiger partial charge in [-0.1, -0.05) is 22.0 Å². The van der Waals surface area contributed by atoms with Gasteiger partial charge in [-0.2, -0.15) is 0 Å². The molecular formula is C18H17BrN2O5S. The third kappa shape index (κ3) is 3.84. The lowest BCUT2D eigenvalue weighted by atomic mass is 10.0. The molecule has 0 spiro atoms. The summed E-state index contributed by atoms with van der Waals surface area (Å²) in [4.78, 5) is 26.5. The Balaban J connectivity index is 2.16. The SMILES string of the molecule is Cc1[nH]c(C=C2C(=O)Nc3cc(Br)ccc32)c(CCC(=O)O)c1S(C)(=O)=O. The Hall–Kier alpha value is -2.39. The van der Waals surface area contributed by atoms with Gasteiger partial charge < -0.3 is 15.4 Å². The maximum Gasteiger partial charge on any atom is 0.303 e. The first-order valence-electron chi connectivity index (χ1n) is 8.04. The number of carbonyl (C=O) groups excluding carboxylic acids is 1. The summed E-state index contributed by atoms with van der Waals surface area (Å²) in [6.45, 7) is 1.61. The summed E-state index contributed by atoms with van der Waals surface area (Å²) in [6.07, 6.45) is 2.48. The summed E-state index contributed by atoms with van der Waals surface area (Å²) in [5, 5.41) is 11.8. The smallest absolute Gasteiger partial charge is 0.303 e. The van der Waals surface area contributed by atoms with E-state index in [4.69, 9.17) is 5.11 Å². The van der Waals surface area contributed by atoms with Crippen molar-refractivity contribution in [3.8, 4) is 0 Å².